The molecule has 0 saturated heterocycles. The molecule has 0 bridgehead atoms. The summed E-state index contributed by atoms with van der Waals surface area (Å²) in [6, 6.07) is 62.6. The lowest BCUT2D eigenvalue weighted by molar-refractivity contribution is 0.394. The normalized spacial score (nSPS) is 16.4. The van der Waals surface area contributed by atoms with Gasteiger partial charge < -0.3 is 4.90 Å². The number of pyridine rings is 1. The van der Waals surface area contributed by atoms with Gasteiger partial charge in [-0.15, -0.1) is 0 Å². The Morgan fingerprint density at radius 3 is 1.83 bits per heavy atom. The van der Waals surface area contributed by atoms with Crippen LogP contribution in [0.5, 0.6) is 0 Å². The second kappa shape index (κ2) is 13.6. The van der Waals surface area contributed by atoms with Crippen LogP contribution in [0.1, 0.15) is 30.9 Å². The Balaban J connectivity index is 1.23. The van der Waals surface area contributed by atoms with E-state index in [4.69, 9.17) is 0 Å². The molecule has 58 heavy (non-hydrogen) atoms. The van der Waals surface area contributed by atoms with Crippen molar-refractivity contribution < 1.29 is 0 Å². The van der Waals surface area contributed by atoms with E-state index in [1.54, 1.807) is 0 Å². The van der Waals surface area contributed by atoms with Crippen LogP contribution in [0.25, 0.3) is 65.7 Å². The topological polar surface area (TPSA) is 16.1 Å². The van der Waals surface area contributed by atoms with E-state index in [-0.39, 0.29) is 5.41 Å². The highest BCUT2D eigenvalue weighted by atomic mass is 15.1. The fourth-order valence-corrected chi connectivity index (χ4v) is 10.1. The second-order valence-electron chi connectivity index (χ2n) is 16.3. The van der Waals surface area contributed by atoms with Gasteiger partial charge >= 0.3 is 0 Å². The van der Waals surface area contributed by atoms with Crippen molar-refractivity contribution in [1.29, 1.82) is 0 Å². The summed E-state index contributed by atoms with van der Waals surface area (Å²) >= 11 is 0. The van der Waals surface area contributed by atoms with Crippen molar-refractivity contribution in [2.75, 3.05) is 4.90 Å². The summed E-state index contributed by atoms with van der Waals surface area (Å²) in [5.41, 5.74) is 13.4. The summed E-state index contributed by atoms with van der Waals surface area (Å²) in [5, 5.41) is 7.47. The van der Waals surface area contributed by atoms with Crippen LogP contribution >= 0.6 is 0 Å². The highest BCUT2D eigenvalue weighted by Gasteiger charge is 2.44. The van der Waals surface area contributed by atoms with E-state index in [9.17, 15) is 0 Å². The monoisotopic (exact) mass is 742 g/mol. The predicted octanol–water partition coefficient (Wildman–Crippen LogP) is 15.1. The van der Waals surface area contributed by atoms with E-state index in [1.807, 2.05) is 18.5 Å². The lowest BCUT2D eigenvalue weighted by atomic mass is 9.74. The Labute approximate surface area is 340 Å². The predicted molar refractivity (Wildman–Crippen MR) is 245 cm³/mol. The zero-order valence-corrected chi connectivity index (χ0v) is 32.7. The molecule has 2 nitrogen and oxygen atoms in total. The average Bonchev–Trinajstić information content (AvgIpc) is 3.52. The van der Waals surface area contributed by atoms with Gasteiger partial charge in [0, 0.05) is 23.5 Å². The van der Waals surface area contributed by atoms with Gasteiger partial charge in [-0.1, -0.05) is 166 Å². The summed E-state index contributed by atoms with van der Waals surface area (Å²) in [6.07, 6.45) is 13.0. The number of anilines is 3. The molecular formula is C56H42N2. The van der Waals surface area contributed by atoms with E-state index in [0.29, 0.717) is 11.8 Å². The first-order valence-electron chi connectivity index (χ1n) is 20.4. The van der Waals surface area contributed by atoms with Gasteiger partial charge in [-0.25, -0.2) is 0 Å². The third kappa shape index (κ3) is 5.36. The molecule has 2 unspecified atom stereocenters. The van der Waals surface area contributed by atoms with Crippen molar-refractivity contribution in [2.45, 2.75) is 25.2 Å². The van der Waals surface area contributed by atoms with Crippen LogP contribution < -0.4 is 4.90 Å². The van der Waals surface area contributed by atoms with E-state index in [1.165, 1.54) is 76.8 Å². The first kappa shape index (κ1) is 34.2. The second-order valence-corrected chi connectivity index (χ2v) is 16.3. The fraction of sp³-hybridized carbons (Fsp3) is 0.0893. The van der Waals surface area contributed by atoms with Gasteiger partial charge in [0.15, 0.2) is 0 Å². The van der Waals surface area contributed by atoms with Crippen LogP contribution in [0.4, 0.5) is 17.1 Å². The molecule has 2 aliphatic rings. The number of fused-ring (bicyclic) bond motifs is 9. The van der Waals surface area contributed by atoms with Crippen LogP contribution in [0.15, 0.2) is 207 Å². The lowest BCUT2D eigenvalue weighted by Gasteiger charge is -2.30. The summed E-state index contributed by atoms with van der Waals surface area (Å²) in [5.74, 6) is 0.840. The van der Waals surface area contributed by atoms with E-state index < -0.39 is 0 Å². The standard InChI is InChI=1S/C56H42N2/c1-56(2)51-27-15-14-25-44(51)45-30-28-41(34-52(45)56)58(42-23-16-32-57-36-42)40-29-31-47-50(33-40)43-24-12-13-26-46(43)54-49(38-19-8-4-9-20-38)35-48(37-17-6-3-7-18-37)53(55(47)54)39-21-10-5-11-22-39/h3-36,44,51H,1-2H3. The van der Waals surface area contributed by atoms with Gasteiger partial charge in [0.05, 0.1) is 11.9 Å². The molecule has 1 heterocycles. The molecule has 276 valence electrons. The first-order chi connectivity index (χ1) is 28.6. The van der Waals surface area contributed by atoms with Crippen LogP contribution in [0.2, 0.25) is 0 Å². The molecule has 1 aromatic heterocycles. The minimum Gasteiger partial charge on any atom is -0.309 e. The lowest BCUT2D eigenvalue weighted by Crippen LogP contribution is -2.24. The molecule has 11 rings (SSSR count). The third-order valence-corrected chi connectivity index (χ3v) is 12.8. The molecule has 0 radical (unpaired) electrons. The molecule has 0 N–H and O–H groups in total. The Kier molecular flexibility index (Phi) is 8.01. The molecule has 0 spiro atoms. The number of allylic oxidation sites excluding steroid dienone is 4. The van der Waals surface area contributed by atoms with Crippen LogP contribution in [0, 0.1) is 5.92 Å². The van der Waals surface area contributed by atoms with Gasteiger partial charge in [0.1, 0.15) is 0 Å². The Morgan fingerprint density at radius 1 is 0.483 bits per heavy atom. The molecule has 0 amide bonds. The number of rotatable bonds is 6. The molecule has 0 fully saturated rings. The zero-order chi connectivity index (χ0) is 38.8. The SMILES string of the molecule is CC1(C)c2cc(N(c3cccnc3)c3ccc4c(c3)c3ccccc3c3c(-c5ccccc5)cc(-c5ccccc5)c(-c5ccccc5)c43)ccc2C2C=CC=CC21. The zero-order valence-electron chi connectivity index (χ0n) is 32.7. The number of aromatic nitrogens is 1. The van der Waals surface area contributed by atoms with Crippen LogP contribution in [0.3, 0.4) is 0 Å². The van der Waals surface area contributed by atoms with Crippen molar-refractivity contribution in [3.05, 3.63) is 218 Å². The van der Waals surface area contributed by atoms with Crippen LogP contribution in [-0.4, -0.2) is 4.98 Å². The Hall–Kier alpha value is -7.03. The van der Waals surface area contributed by atoms with Crippen LogP contribution in [-0.2, 0) is 5.41 Å². The summed E-state index contributed by atoms with van der Waals surface area (Å²) < 4.78 is 0. The number of hydrogen-bond acceptors (Lipinski definition) is 2. The Bertz CT molecular complexity index is 3070. The summed E-state index contributed by atoms with van der Waals surface area (Å²) in [6.45, 7) is 4.81. The highest BCUT2D eigenvalue weighted by molar-refractivity contribution is 6.33. The minimum atomic E-state index is -0.00284. The average molecular weight is 743 g/mol. The van der Waals surface area contributed by atoms with E-state index in [2.05, 4.69) is 212 Å². The maximum atomic E-state index is 4.63. The third-order valence-electron chi connectivity index (χ3n) is 12.8. The summed E-state index contributed by atoms with van der Waals surface area (Å²) in [4.78, 5) is 7.02. The maximum Gasteiger partial charge on any atom is 0.0644 e. The van der Waals surface area contributed by atoms with Crippen molar-refractivity contribution in [3.63, 3.8) is 0 Å². The molecule has 2 aliphatic carbocycles. The van der Waals surface area contributed by atoms with Crippen molar-refractivity contribution in [3.8, 4) is 33.4 Å². The molecule has 0 aliphatic heterocycles. The number of nitrogens with zero attached hydrogens (tertiary/aromatic N) is 2. The van der Waals surface area contributed by atoms with Gasteiger partial charge in [0.25, 0.3) is 0 Å². The smallest absolute Gasteiger partial charge is 0.0644 e. The largest absolute Gasteiger partial charge is 0.309 e. The maximum absolute atomic E-state index is 4.63. The van der Waals surface area contributed by atoms with Gasteiger partial charge in [-0.3, -0.25) is 4.98 Å². The molecular weight excluding hydrogens is 701 g/mol. The first-order valence-corrected chi connectivity index (χ1v) is 20.4. The minimum absolute atomic E-state index is 0.00284. The van der Waals surface area contributed by atoms with Crippen molar-refractivity contribution >= 4 is 49.4 Å². The van der Waals surface area contributed by atoms with Gasteiger partial charge in [-0.05, 0) is 131 Å². The fourth-order valence-electron chi connectivity index (χ4n) is 10.1. The number of benzene rings is 8. The quantitative estimate of drug-likeness (QED) is 0.158. The van der Waals surface area contributed by atoms with Crippen molar-refractivity contribution in [1.82, 2.24) is 4.98 Å². The number of hydrogen-bond donors (Lipinski definition) is 0. The van der Waals surface area contributed by atoms with Gasteiger partial charge in [0.2, 0.25) is 0 Å². The van der Waals surface area contributed by atoms with E-state index in [0.717, 1.165) is 17.1 Å². The molecule has 8 aromatic carbocycles. The summed E-state index contributed by atoms with van der Waals surface area (Å²) in [7, 11) is 0. The Morgan fingerprint density at radius 2 is 1.10 bits per heavy atom. The van der Waals surface area contributed by atoms with Crippen molar-refractivity contribution in [2.24, 2.45) is 5.92 Å². The van der Waals surface area contributed by atoms with E-state index >= 15 is 0 Å². The molecule has 2 heteroatoms. The highest BCUT2D eigenvalue weighted by Crippen LogP contribution is 2.55. The molecule has 0 saturated carbocycles. The van der Waals surface area contributed by atoms with Gasteiger partial charge in [-0.2, -0.15) is 0 Å². The molecule has 2 atom stereocenters. The molecule has 9 aromatic rings.